The van der Waals surface area contributed by atoms with Gasteiger partial charge in [-0.2, -0.15) is 0 Å². The van der Waals surface area contributed by atoms with Gasteiger partial charge in [0.1, 0.15) is 11.1 Å². The number of amides is 1. The standard InChI is InChI=1S/C13H16N4O2S2/c1-9-8-21-12(15-9)10-6-17(3-4-19-10)7-11(18)16-13-14-2-5-20-13/h2,5,8,10H,3-4,6-7H2,1H3,(H,14,16,18). The monoisotopic (exact) mass is 324 g/mol. The van der Waals surface area contributed by atoms with Gasteiger partial charge in [-0.3, -0.25) is 9.69 Å². The van der Waals surface area contributed by atoms with Crippen LogP contribution in [0.25, 0.3) is 0 Å². The lowest BCUT2D eigenvalue weighted by Gasteiger charge is -2.31. The summed E-state index contributed by atoms with van der Waals surface area (Å²) < 4.78 is 5.76. The first-order chi connectivity index (χ1) is 10.2. The van der Waals surface area contributed by atoms with E-state index in [0.29, 0.717) is 24.8 Å². The Morgan fingerprint density at radius 3 is 3.19 bits per heavy atom. The number of ether oxygens (including phenoxy) is 1. The molecular formula is C13H16N4O2S2. The summed E-state index contributed by atoms with van der Waals surface area (Å²) in [6.07, 6.45) is 1.64. The van der Waals surface area contributed by atoms with Crippen LogP contribution >= 0.6 is 22.7 Å². The molecule has 8 heteroatoms. The Bertz CT molecular complexity index is 599. The molecule has 0 bridgehead atoms. The summed E-state index contributed by atoms with van der Waals surface area (Å²) in [5, 5.41) is 8.28. The highest BCUT2D eigenvalue weighted by molar-refractivity contribution is 7.13. The van der Waals surface area contributed by atoms with E-state index in [4.69, 9.17) is 4.74 Å². The van der Waals surface area contributed by atoms with E-state index in [2.05, 4.69) is 20.2 Å². The number of nitrogens with zero attached hydrogens (tertiary/aromatic N) is 3. The molecule has 3 heterocycles. The zero-order chi connectivity index (χ0) is 14.7. The summed E-state index contributed by atoms with van der Waals surface area (Å²) in [6.45, 7) is 4.39. The molecule has 0 spiro atoms. The lowest BCUT2D eigenvalue weighted by molar-refractivity contribution is -0.119. The van der Waals surface area contributed by atoms with Gasteiger partial charge in [0.2, 0.25) is 5.91 Å². The van der Waals surface area contributed by atoms with E-state index in [9.17, 15) is 4.79 Å². The van der Waals surface area contributed by atoms with Crippen LogP contribution in [-0.2, 0) is 9.53 Å². The van der Waals surface area contributed by atoms with Crippen LogP contribution in [0.5, 0.6) is 0 Å². The van der Waals surface area contributed by atoms with Crippen molar-refractivity contribution in [1.82, 2.24) is 14.9 Å². The maximum Gasteiger partial charge on any atom is 0.240 e. The molecule has 6 nitrogen and oxygen atoms in total. The number of morpholine rings is 1. The van der Waals surface area contributed by atoms with Gasteiger partial charge in [0.05, 0.1) is 13.2 Å². The maximum absolute atomic E-state index is 12.0. The van der Waals surface area contributed by atoms with Gasteiger partial charge in [-0.25, -0.2) is 9.97 Å². The smallest absolute Gasteiger partial charge is 0.240 e. The van der Waals surface area contributed by atoms with E-state index in [-0.39, 0.29) is 12.0 Å². The van der Waals surface area contributed by atoms with Crippen LogP contribution in [0.3, 0.4) is 0 Å². The minimum absolute atomic E-state index is 0.0369. The average molecular weight is 324 g/mol. The molecule has 0 radical (unpaired) electrons. The molecule has 1 N–H and O–H groups in total. The van der Waals surface area contributed by atoms with Crippen molar-refractivity contribution < 1.29 is 9.53 Å². The quantitative estimate of drug-likeness (QED) is 0.931. The minimum Gasteiger partial charge on any atom is -0.368 e. The zero-order valence-corrected chi connectivity index (χ0v) is 13.2. The Hall–Kier alpha value is -1.35. The second-order valence-electron chi connectivity index (χ2n) is 4.81. The maximum atomic E-state index is 12.0. The summed E-state index contributed by atoms with van der Waals surface area (Å²) >= 11 is 3.03. The van der Waals surface area contributed by atoms with Crippen molar-refractivity contribution in [3.63, 3.8) is 0 Å². The van der Waals surface area contributed by atoms with Crippen molar-refractivity contribution in [2.45, 2.75) is 13.0 Å². The van der Waals surface area contributed by atoms with Crippen LogP contribution in [0.1, 0.15) is 16.8 Å². The predicted molar refractivity (Wildman–Crippen MR) is 82.7 cm³/mol. The van der Waals surface area contributed by atoms with Gasteiger partial charge in [0, 0.05) is 35.7 Å². The lowest BCUT2D eigenvalue weighted by Crippen LogP contribution is -2.42. The van der Waals surface area contributed by atoms with Crippen molar-refractivity contribution in [2.24, 2.45) is 0 Å². The van der Waals surface area contributed by atoms with E-state index in [1.165, 1.54) is 11.3 Å². The van der Waals surface area contributed by atoms with Crippen LogP contribution in [-0.4, -0.2) is 47.0 Å². The van der Waals surface area contributed by atoms with Crippen LogP contribution in [0.4, 0.5) is 5.13 Å². The molecule has 1 aliphatic heterocycles. The van der Waals surface area contributed by atoms with E-state index >= 15 is 0 Å². The highest BCUT2D eigenvalue weighted by atomic mass is 32.1. The molecule has 1 atom stereocenters. The largest absolute Gasteiger partial charge is 0.368 e. The predicted octanol–water partition coefficient (Wildman–Crippen LogP) is 1.92. The number of nitrogens with one attached hydrogen (secondary N) is 1. The fourth-order valence-corrected chi connectivity index (χ4v) is 3.54. The molecule has 1 fully saturated rings. The fraction of sp³-hybridized carbons (Fsp3) is 0.462. The molecule has 1 amide bonds. The number of thiazole rings is 2. The van der Waals surface area contributed by atoms with Crippen molar-refractivity contribution in [1.29, 1.82) is 0 Å². The fourth-order valence-electron chi connectivity index (χ4n) is 2.16. The Kier molecular flexibility index (Phi) is 4.59. The van der Waals surface area contributed by atoms with E-state index in [1.54, 1.807) is 17.5 Å². The second-order valence-corrected chi connectivity index (χ2v) is 6.59. The van der Waals surface area contributed by atoms with Gasteiger partial charge >= 0.3 is 0 Å². The van der Waals surface area contributed by atoms with Crippen molar-refractivity contribution >= 4 is 33.7 Å². The van der Waals surface area contributed by atoms with E-state index < -0.39 is 0 Å². The summed E-state index contributed by atoms with van der Waals surface area (Å²) in [7, 11) is 0. The molecule has 2 aromatic rings. The third-order valence-electron chi connectivity index (χ3n) is 3.11. The zero-order valence-electron chi connectivity index (χ0n) is 11.6. The van der Waals surface area contributed by atoms with Gasteiger partial charge < -0.3 is 10.1 Å². The van der Waals surface area contributed by atoms with Crippen molar-refractivity contribution in [2.75, 3.05) is 31.6 Å². The molecule has 1 unspecified atom stereocenters. The van der Waals surface area contributed by atoms with E-state index in [1.807, 2.05) is 17.7 Å². The van der Waals surface area contributed by atoms with Crippen molar-refractivity contribution in [3.8, 4) is 0 Å². The molecule has 1 aliphatic rings. The SMILES string of the molecule is Cc1csc(C2CN(CC(=O)Nc3nccs3)CCO2)n1. The number of hydrogen-bond donors (Lipinski definition) is 1. The number of carbonyl (C=O) groups excluding carboxylic acids is 1. The van der Waals surface area contributed by atoms with Gasteiger partial charge in [-0.1, -0.05) is 0 Å². The first-order valence-corrected chi connectivity index (χ1v) is 8.42. The number of aryl methyl sites for hydroxylation is 1. The molecular weight excluding hydrogens is 308 g/mol. The summed E-state index contributed by atoms with van der Waals surface area (Å²) in [5.41, 5.74) is 1.01. The third-order valence-corrected chi connectivity index (χ3v) is 4.85. The molecule has 0 aromatic carbocycles. The number of hydrogen-bond acceptors (Lipinski definition) is 7. The average Bonchev–Trinajstić information content (AvgIpc) is 3.10. The Morgan fingerprint density at radius 2 is 2.48 bits per heavy atom. The number of aromatic nitrogens is 2. The molecule has 21 heavy (non-hydrogen) atoms. The third kappa shape index (κ3) is 3.85. The number of anilines is 1. The first-order valence-electron chi connectivity index (χ1n) is 6.66. The van der Waals surface area contributed by atoms with Gasteiger partial charge in [0.15, 0.2) is 5.13 Å². The summed E-state index contributed by atoms with van der Waals surface area (Å²) in [4.78, 5) is 22.6. The van der Waals surface area contributed by atoms with Gasteiger partial charge in [0.25, 0.3) is 0 Å². The summed E-state index contributed by atoms with van der Waals surface area (Å²) in [5.74, 6) is -0.0408. The minimum atomic E-state index is -0.0408. The Morgan fingerprint density at radius 1 is 1.57 bits per heavy atom. The van der Waals surface area contributed by atoms with Crippen LogP contribution < -0.4 is 5.32 Å². The van der Waals surface area contributed by atoms with E-state index in [0.717, 1.165) is 17.2 Å². The number of carbonyl (C=O) groups is 1. The molecule has 3 rings (SSSR count). The molecule has 112 valence electrons. The molecule has 2 aromatic heterocycles. The lowest BCUT2D eigenvalue weighted by atomic mass is 10.2. The summed E-state index contributed by atoms with van der Waals surface area (Å²) in [6, 6.07) is 0. The second kappa shape index (κ2) is 6.61. The molecule has 0 saturated carbocycles. The first kappa shape index (κ1) is 14.6. The Labute approximate surface area is 130 Å². The van der Waals surface area contributed by atoms with Crippen LogP contribution in [0.2, 0.25) is 0 Å². The Balaban J connectivity index is 1.55. The highest BCUT2D eigenvalue weighted by Crippen LogP contribution is 2.25. The van der Waals surface area contributed by atoms with Gasteiger partial charge in [-0.15, -0.1) is 22.7 Å². The molecule has 0 aliphatic carbocycles. The van der Waals surface area contributed by atoms with Crippen LogP contribution in [0, 0.1) is 6.92 Å². The van der Waals surface area contributed by atoms with Crippen molar-refractivity contribution in [3.05, 3.63) is 27.7 Å². The topological polar surface area (TPSA) is 67.4 Å². The normalized spacial score (nSPS) is 19.6. The van der Waals surface area contributed by atoms with Gasteiger partial charge in [-0.05, 0) is 6.92 Å². The highest BCUT2D eigenvalue weighted by Gasteiger charge is 2.25. The van der Waals surface area contributed by atoms with Crippen LogP contribution in [0.15, 0.2) is 17.0 Å². The number of rotatable bonds is 4. The molecule has 1 saturated heterocycles.